The summed E-state index contributed by atoms with van der Waals surface area (Å²) in [7, 11) is 0. The molecule has 158 valence electrons. The minimum absolute atomic E-state index is 0.0735. The Morgan fingerprint density at radius 3 is 2.41 bits per heavy atom. The molecule has 0 aromatic carbocycles. The Balaban J connectivity index is 2.65. The smallest absolute Gasteiger partial charge is 0.340 e. The maximum Gasteiger partial charge on any atom is 0.340 e. The maximum absolute atomic E-state index is 12.1. The van der Waals surface area contributed by atoms with E-state index < -0.39 is 55.0 Å². The lowest BCUT2D eigenvalue weighted by atomic mass is 9.95. The van der Waals surface area contributed by atoms with Crippen LogP contribution in [0.5, 0.6) is 0 Å². The number of carbonyl (C=O) groups excluding carboxylic acids is 1. The van der Waals surface area contributed by atoms with Gasteiger partial charge in [-0.15, -0.1) is 0 Å². The van der Waals surface area contributed by atoms with Crippen molar-refractivity contribution in [2.45, 2.75) is 82.4 Å². The lowest BCUT2D eigenvalue weighted by molar-refractivity contribution is -0.302. The second-order valence-corrected chi connectivity index (χ2v) is 6.61. The van der Waals surface area contributed by atoms with Crippen molar-refractivity contribution in [3.63, 3.8) is 0 Å². The molecule has 9 nitrogen and oxygen atoms in total. The molecule has 0 radical (unpaired) electrons. The first-order valence-corrected chi connectivity index (χ1v) is 9.22. The van der Waals surface area contributed by atoms with Gasteiger partial charge in [-0.25, -0.2) is 4.79 Å². The first-order chi connectivity index (χ1) is 12.7. The average molecular weight is 392 g/mol. The first-order valence-electron chi connectivity index (χ1n) is 9.22. The van der Waals surface area contributed by atoms with Crippen molar-refractivity contribution in [3.05, 3.63) is 12.2 Å². The number of esters is 1. The Labute approximate surface area is 159 Å². The molecule has 1 heterocycles. The molecular formula is C18H32O9. The zero-order valence-corrected chi connectivity index (χ0v) is 16.0. The van der Waals surface area contributed by atoms with Crippen molar-refractivity contribution in [2.75, 3.05) is 13.2 Å². The van der Waals surface area contributed by atoms with Gasteiger partial charge in [-0.3, -0.25) is 0 Å². The quantitative estimate of drug-likeness (QED) is 0.184. The minimum atomic E-state index is -2.08. The highest BCUT2D eigenvalue weighted by atomic mass is 16.7. The molecule has 1 fully saturated rings. The van der Waals surface area contributed by atoms with E-state index in [1.165, 1.54) is 13.8 Å². The maximum atomic E-state index is 12.1. The Bertz CT molecular complexity index is 481. The molecular weight excluding hydrogens is 360 g/mol. The van der Waals surface area contributed by atoms with Crippen molar-refractivity contribution in [3.8, 4) is 0 Å². The largest absolute Gasteiger partial charge is 0.461 e. The predicted molar refractivity (Wildman–Crippen MR) is 94.6 cm³/mol. The molecule has 1 rings (SSSR count). The van der Waals surface area contributed by atoms with Gasteiger partial charge in [0.1, 0.15) is 31.0 Å². The predicted octanol–water partition coefficient (Wildman–Crippen LogP) is -0.768. The number of hydrogen-bond donors (Lipinski definition) is 5. The van der Waals surface area contributed by atoms with Gasteiger partial charge in [-0.2, -0.15) is 0 Å². The third-order valence-electron chi connectivity index (χ3n) is 4.60. The van der Waals surface area contributed by atoms with Crippen molar-refractivity contribution >= 4 is 5.97 Å². The molecule has 5 N–H and O–H groups in total. The topological polar surface area (TPSA) is 146 Å². The van der Waals surface area contributed by atoms with Gasteiger partial charge in [-0.1, -0.05) is 26.0 Å². The van der Waals surface area contributed by atoms with Gasteiger partial charge in [0, 0.05) is 0 Å². The zero-order chi connectivity index (χ0) is 20.6. The Morgan fingerprint density at radius 2 is 1.85 bits per heavy atom. The summed E-state index contributed by atoms with van der Waals surface area (Å²) in [5.41, 5.74) is -2.08. The second kappa shape index (κ2) is 11.1. The number of aliphatic hydroxyl groups excluding tert-OH is 4. The summed E-state index contributed by atoms with van der Waals surface area (Å²) in [5.74, 6) is -1.07. The van der Waals surface area contributed by atoms with E-state index in [2.05, 4.69) is 0 Å². The van der Waals surface area contributed by atoms with Crippen LogP contribution in [0.1, 0.15) is 40.0 Å². The summed E-state index contributed by atoms with van der Waals surface area (Å²) in [5, 5.41) is 49.7. The van der Waals surface area contributed by atoms with Gasteiger partial charge >= 0.3 is 5.97 Å². The van der Waals surface area contributed by atoms with E-state index in [1.54, 1.807) is 0 Å². The number of rotatable bonds is 10. The molecule has 9 heteroatoms. The van der Waals surface area contributed by atoms with Crippen LogP contribution in [0, 0.1) is 0 Å². The van der Waals surface area contributed by atoms with Crippen molar-refractivity contribution < 1.29 is 44.5 Å². The standard InChI is InChI=1S/C18H32O9/c1-4-6-7-8-9-25-16-15(22)14(21)13(20)12(27-16)10-26-17(23)18(24,5-2)11(3)19/h6-7,11-16,19-22,24H,4-5,8-10H2,1-3H3/b7-6-/t11?,12-,13-,14+,15-,16-,18?/m1/s1. The average Bonchev–Trinajstić information content (AvgIpc) is 2.65. The van der Waals surface area contributed by atoms with Crippen LogP contribution >= 0.6 is 0 Å². The molecule has 0 saturated carbocycles. The van der Waals surface area contributed by atoms with Gasteiger partial charge in [0.25, 0.3) is 0 Å². The monoisotopic (exact) mass is 392 g/mol. The van der Waals surface area contributed by atoms with Crippen LogP contribution in [-0.2, 0) is 19.0 Å². The molecule has 0 bridgehead atoms. The highest BCUT2D eigenvalue weighted by molar-refractivity contribution is 5.80. The Hall–Kier alpha value is -1.07. The van der Waals surface area contributed by atoms with E-state index in [9.17, 15) is 30.3 Å². The van der Waals surface area contributed by atoms with E-state index in [4.69, 9.17) is 14.2 Å². The molecule has 0 aromatic heterocycles. The third kappa shape index (κ3) is 6.21. The van der Waals surface area contributed by atoms with Crippen LogP contribution in [0.25, 0.3) is 0 Å². The highest BCUT2D eigenvalue weighted by Crippen LogP contribution is 2.24. The van der Waals surface area contributed by atoms with Crippen LogP contribution < -0.4 is 0 Å². The van der Waals surface area contributed by atoms with Gasteiger partial charge in [0.05, 0.1) is 12.7 Å². The molecule has 0 spiro atoms. The van der Waals surface area contributed by atoms with E-state index in [0.29, 0.717) is 6.42 Å². The van der Waals surface area contributed by atoms with E-state index in [-0.39, 0.29) is 13.0 Å². The molecule has 0 aliphatic carbocycles. The molecule has 0 amide bonds. The first kappa shape index (κ1) is 24.0. The van der Waals surface area contributed by atoms with Gasteiger partial charge in [0.15, 0.2) is 11.9 Å². The minimum Gasteiger partial charge on any atom is -0.461 e. The van der Waals surface area contributed by atoms with Crippen molar-refractivity contribution in [2.24, 2.45) is 0 Å². The van der Waals surface area contributed by atoms with Crippen molar-refractivity contribution in [1.29, 1.82) is 0 Å². The Kier molecular flexibility index (Phi) is 9.82. The zero-order valence-electron chi connectivity index (χ0n) is 16.0. The lowest BCUT2D eigenvalue weighted by Gasteiger charge is -2.40. The van der Waals surface area contributed by atoms with Gasteiger partial charge < -0.3 is 39.7 Å². The number of hydrogen-bond acceptors (Lipinski definition) is 9. The van der Waals surface area contributed by atoms with Crippen LogP contribution in [0.2, 0.25) is 0 Å². The summed E-state index contributed by atoms with van der Waals surface area (Å²) in [6.07, 6.45) is -3.01. The fourth-order valence-electron chi connectivity index (χ4n) is 2.62. The number of carbonyl (C=O) groups is 1. The van der Waals surface area contributed by atoms with Crippen LogP contribution in [-0.4, -0.2) is 87.1 Å². The van der Waals surface area contributed by atoms with E-state index >= 15 is 0 Å². The SMILES string of the molecule is CC/C=C\CCO[C@@H]1O[C@H](COC(=O)C(O)(CC)C(C)O)[C@@H](O)[C@H](O)[C@H]1O. The van der Waals surface area contributed by atoms with E-state index in [1.807, 2.05) is 19.1 Å². The molecule has 2 unspecified atom stereocenters. The molecule has 1 saturated heterocycles. The summed E-state index contributed by atoms with van der Waals surface area (Å²) in [6, 6.07) is 0. The number of aliphatic hydroxyl groups is 5. The number of ether oxygens (including phenoxy) is 3. The third-order valence-corrected chi connectivity index (χ3v) is 4.60. The summed E-state index contributed by atoms with van der Waals surface area (Å²) in [4.78, 5) is 12.1. The number of allylic oxidation sites excluding steroid dienone is 1. The Morgan fingerprint density at radius 1 is 1.19 bits per heavy atom. The molecule has 1 aliphatic heterocycles. The second-order valence-electron chi connectivity index (χ2n) is 6.61. The summed E-state index contributed by atoms with van der Waals surface area (Å²) >= 11 is 0. The van der Waals surface area contributed by atoms with Gasteiger partial charge in [-0.05, 0) is 26.2 Å². The molecule has 7 atom stereocenters. The van der Waals surface area contributed by atoms with E-state index in [0.717, 1.165) is 6.42 Å². The summed E-state index contributed by atoms with van der Waals surface area (Å²) < 4.78 is 15.8. The van der Waals surface area contributed by atoms with Crippen LogP contribution in [0.15, 0.2) is 12.2 Å². The molecule has 1 aliphatic rings. The fraction of sp³-hybridized carbons (Fsp3) is 0.833. The summed E-state index contributed by atoms with van der Waals surface area (Å²) in [6.45, 7) is 4.50. The van der Waals surface area contributed by atoms with Crippen LogP contribution in [0.4, 0.5) is 0 Å². The lowest BCUT2D eigenvalue weighted by Crippen LogP contribution is -2.60. The van der Waals surface area contributed by atoms with Crippen molar-refractivity contribution in [1.82, 2.24) is 0 Å². The van der Waals surface area contributed by atoms with Crippen LogP contribution in [0.3, 0.4) is 0 Å². The normalized spacial score (nSPS) is 32.2. The fourth-order valence-corrected chi connectivity index (χ4v) is 2.62. The highest BCUT2D eigenvalue weighted by Gasteiger charge is 2.46. The molecule has 0 aromatic rings. The molecule has 27 heavy (non-hydrogen) atoms. The van der Waals surface area contributed by atoms with Gasteiger partial charge in [0.2, 0.25) is 0 Å².